The van der Waals surface area contributed by atoms with Crippen molar-refractivity contribution in [1.29, 1.82) is 0 Å². The Kier molecular flexibility index (Phi) is 3.71. The predicted octanol–water partition coefficient (Wildman–Crippen LogP) is 2.33. The maximum atomic E-state index is 12.7. The molecule has 122 valence electrons. The van der Waals surface area contributed by atoms with Crippen molar-refractivity contribution in [2.45, 2.75) is 28.7 Å². The lowest BCUT2D eigenvalue weighted by atomic mass is 9.70. The summed E-state index contributed by atoms with van der Waals surface area (Å²) in [5.74, 6) is -1.18. The Balaban J connectivity index is 2.23. The smallest absolute Gasteiger partial charge is 0.253 e. The molecule has 0 spiro atoms. The van der Waals surface area contributed by atoms with E-state index in [1.54, 1.807) is 24.3 Å². The van der Waals surface area contributed by atoms with Crippen LogP contribution in [-0.4, -0.2) is 38.6 Å². The topological polar surface area (TPSA) is 70.8 Å². The van der Waals surface area contributed by atoms with Gasteiger partial charge in [-0.2, -0.15) is 0 Å². The van der Waals surface area contributed by atoms with Gasteiger partial charge in [0, 0.05) is 7.05 Å². The molecule has 2 heterocycles. The van der Waals surface area contributed by atoms with Gasteiger partial charge in [0.15, 0.2) is 9.75 Å². The molecule has 0 aromatic carbocycles. The quantitative estimate of drug-likeness (QED) is 0.667. The average Bonchev–Trinajstić information content (AvgIpc) is 3.07. The fourth-order valence-electron chi connectivity index (χ4n) is 3.32. The van der Waals surface area contributed by atoms with Crippen molar-refractivity contribution in [2.24, 2.45) is 0 Å². The number of alkyl halides is 2. The summed E-state index contributed by atoms with van der Waals surface area (Å²) in [6.07, 6.45) is 3.44. The molecule has 2 aliphatic rings. The highest BCUT2D eigenvalue weighted by molar-refractivity contribution is 6.53. The SMILES string of the molecule is C=CC1=CCC2(Cl)C(=O)N(C)C(=O)C2(Cl)C1c1ccc(CO)o1. The van der Waals surface area contributed by atoms with E-state index in [0.717, 1.165) is 4.90 Å². The van der Waals surface area contributed by atoms with Crippen LogP contribution in [0.15, 0.2) is 40.9 Å². The number of carbonyl (C=O) groups is 2. The zero-order chi connectivity index (χ0) is 17.0. The molecule has 1 aliphatic carbocycles. The molecule has 1 aromatic heterocycles. The Morgan fingerprint density at radius 2 is 2.13 bits per heavy atom. The van der Waals surface area contributed by atoms with Crippen LogP contribution in [0, 0.1) is 0 Å². The molecule has 0 saturated carbocycles. The minimum atomic E-state index is -1.71. The number of aliphatic hydroxyl groups excluding tert-OH is 1. The van der Waals surface area contributed by atoms with Gasteiger partial charge in [-0.05, 0) is 24.1 Å². The van der Waals surface area contributed by atoms with Crippen molar-refractivity contribution in [3.8, 4) is 0 Å². The second-order valence-electron chi connectivity index (χ2n) is 5.69. The number of rotatable bonds is 3. The number of fused-ring (bicyclic) bond motifs is 1. The fraction of sp³-hybridized carbons (Fsp3) is 0.375. The monoisotopic (exact) mass is 355 g/mol. The Morgan fingerprint density at radius 3 is 2.70 bits per heavy atom. The van der Waals surface area contributed by atoms with E-state index in [1.807, 2.05) is 0 Å². The summed E-state index contributed by atoms with van der Waals surface area (Å²) in [6, 6.07) is 3.21. The van der Waals surface area contributed by atoms with Crippen LogP contribution in [0.2, 0.25) is 0 Å². The maximum Gasteiger partial charge on any atom is 0.253 e. The highest BCUT2D eigenvalue weighted by Gasteiger charge is 2.72. The first-order valence-corrected chi connectivity index (χ1v) is 7.79. The van der Waals surface area contributed by atoms with Gasteiger partial charge in [-0.3, -0.25) is 14.5 Å². The number of carbonyl (C=O) groups excluding carboxylic acids is 2. The van der Waals surface area contributed by atoms with E-state index < -0.39 is 27.5 Å². The van der Waals surface area contributed by atoms with Crippen molar-refractivity contribution < 1.29 is 19.1 Å². The Bertz CT molecular complexity index is 740. The first-order chi connectivity index (χ1) is 10.8. The summed E-state index contributed by atoms with van der Waals surface area (Å²) >= 11 is 13.3. The number of nitrogens with zero attached hydrogens (tertiary/aromatic N) is 1. The molecule has 3 unspecified atom stereocenters. The number of allylic oxidation sites excluding steroid dienone is 3. The van der Waals surface area contributed by atoms with Crippen LogP contribution in [0.1, 0.15) is 23.9 Å². The summed E-state index contributed by atoms with van der Waals surface area (Å²) in [7, 11) is 1.36. The Morgan fingerprint density at radius 1 is 1.43 bits per heavy atom. The molecule has 2 amide bonds. The van der Waals surface area contributed by atoms with Crippen LogP contribution < -0.4 is 0 Å². The molecule has 3 rings (SSSR count). The molecule has 1 N–H and O–H groups in total. The zero-order valence-electron chi connectivity index (χ0n) is 12.4. The molecule has 1 saturated heterocycles. The van der Waals surface area contributed by atoms with E-state index in [-0.39, 0.29) is 13.0 Å². The van der Waals surface area contributed by atoms with Crippen molar-refractivity contribution in [3.63, 3.8) is 0 Å². The van der Waals surface area contributed by atoms with E-state index in [0.29, 0.717) is 17.1 Å². The molecule has 1 aliphatic heterocycles. The van der Waals surface area contributed by atoms with Gasteiger partial charge >= 0.3 is 0 Å². The van der Waals surface area contributed by atoms with E-state index >= 15 is 0 Å². The largest absolute Gasteiger partial charge is 0.463 e. The molecule has 0 radical (unpaired) electrons. The van der Waals surface area contributed by atoms with E-state index in [9.17, 15) is 14.7 Å². The number of imide groups is 1. The Labute approximate surface area is 143 Å². The summed E-state index contributed by atoms with van der Waals surface area (Å²) in [6.45, 7) is 3.46. The third-order valence-electron chi connectivity index (χ3n) is 4.54. The van der Waals surface area contributed by atoms with Crippen molar-refractivity contribution in [3.05, 3.63) is 48.0 Å². The lowest BCUT2D eigenvalue weighted by Crippen LogP contribution is -2.54. The Hall–Kier alpha value is -1.56. The second kappa shape index (κ2) is 5.23. The van der Waals surface area contributed by atoms with Crippen LogP contribution in [0.25, 0.3) is 0 Å². The standard InChI is InChI=1S/C16H15Cl2NO4/c1-3-9-6-7-15(17)13(21)19(2)14(22)16(15,18)12(9)11-5-4-10(8-20)23-11/h3-6,12,20H,1,7-8H2,2H3. The third kappa shape index (κ3) is 1.90. The highest BCUT2D eigenvalue weighted by atomic mass is 35.5. The fourth-order valence-corrected chi connectivity index (χ4v) is 4.23. The minimum absolute atomic E-state index is 0.123. The molecule has 3 atom stereocenters. The van der Waals surface area contributed by atoms with Gasteiger partial charge in [0.1, 0.15) is 18.1 Å². The second-order valence-corrected chi connectivity index (χ2v) is 6.93. The molecular weight excluding hydrogens is 341 g/mol. The van der Waals surface area contributed by atoms with Crippen LogP contribution >= 0.6 is 23.2 Å². The maximum absolute atomic E-state index is 12.7. The minimum Gasteiger partial charge on any atom is -0.463 e. The number of hydrogen-bond acceptors (Lipinski definition) is 4. The predicted molar refractivity (Wildman–Crippen MR) is 85.2 cm³/mol. The van der Waals surface area contributed by atoms with E-state index in [4.69, 9.17) is 27.6 Å². The van der Waals surface area contributed by atoms with Gasteiger partial charge in [-0.25, -0.2) is 0 Å². The van der Waals surface area contributed by atoms with Gasteiger partial charge in [-0.1, -0.05) is 18.7 Å². The molecule has 1 aromatic rings. The van der Waals surface area contributed by atoms with Crippen LogP contribution in [0.3, 0.4) is 0 Å². The number of likely N-dealkylation sites (tertiary alicyclic amines) is 1. The number of halogens is 2. The van der Waals surface area contributed by atoms with Gasteiger partial charge in [0.2, 0.25) is 0 Å². The van der Waals surface area contributed by atoms with Crippen LogP contribution in [0.4, 0.5) is 0 Å². The number of aliphatic hydroxyl groups is 1. The van der Waals surface area contributed by atoms with Crippen molar-refractivity contribution in [2.75, 3.05) is 7.05 Å². The summed E-state index contributed by atoms with van der Waals surface area (Å²) in [5.41, 5.74) is 0.659. The van der Waals surface area contributed by atoms with Gasteiger partial charge < -0.3 is 9.52 Å². The van der Waals surface area contributed by atoms with E-state index in [2.05, 4.69) is 6.58 Å². The lowest BCUT2D eigenvalue weighted by molar-refractivity contribution is -0.137. The van der Waals surface area contributed by atoms with E-state index in [1.165, 1.54) is 7.05 Å². The van der Waals surface area contributed by atoms with Crippen molar-refractivity contribution >= 4 is 35.0 Å². The number of amides is 2. The normalized spacial score (nSPS) is 33.7. The van der Waals surface area contributed by atoms with Crippen molar-refractivity contribution in [1.82, 2.24) is 4.90 Å². The lowest BCUT2D eigenvalue weighted by Gasteiger charge is -2.41. The zero-order valence-corrected chi connectivity index (χ0v) is 13.9. The molecule has 7 heteroatoms. The van der Waals surface area contributed by atoms with Gasteiger partial charge in [0.25, 0.3) is 11.8 Å². The molecular formula is C16H15Cl2NO4. The first-order valence-electron chi connectivity index (χ1n) is 7.03. The first kappa shape index (κ1) is 16.3. The van der Waals surface area contributed by atoms with Crippen LogP contribution in [0.5, 0.6) is 0 Å². The molecule has 0 bridgehead atoms. The average molecular weight is 356 g/mol. The number of furan rings is 1. The van der Waals surface area contributed by atoms with Gasteiger partial charge in [-0.15, -0.1) is 23.2 Å². The molecule has 5 nitrogen and oxygen atoms in total. The van der Waals surface area contributed by atoms with Crippen LogP contribution in [-0.2, 0) is 16.2 Å². The summed E-state index contributed by atoms with van der Waals surface area (Å²) in [4.78, 5) is 22.9. The molecule has 23 heavy (non-hydrogen) atoms. The van der Waals surface area contributed by atoms with Gasteiger partial charge in [0.05, 0.1) is 5.92 Å². The summed E-state index contributed by atoms with van der Waals surface area (Å²) < 4.78 is 5.58. The molecule has 1 fully saturated rings. The summed E-state index contributed by atoms with van der Waals surface area (Å²) in [5, 5.41) is 9.19. The third-order valence-corrected chi connectivity index (χ3v) is 5.96. The number of hydrogen-bond donors (Lipinski definition) is 1. The highest BCUT2D eigenvalue weighted by Crippen LogP contribution is 2.58.